The molecule has 0 bridgehead atoms. The zero-order chi connectivity index (χ0) is 15.5. The molecule has 2 saturated heterocycles. The molecule has 0 aromatic heterocycles. The molecular formula is C16H24N2O4. The summed E-state index contributed by atoms with van der Waals surface area (Å²) in [6.45, 7) is 0.909. The molecule has 3 atom stereocenters. The lowest BCUT2D eigenvalue weighted by molar-refractivity contribution is -0.155. The Morgan fingerprint density at radius 3 is 2.95 bits per heavy atom. The number of nitrogens with zero attached hydrogens (tertiary/aromatic N) is 1. The molecule has 3 rings (SSSR count). The van der Waals surface area contributed by atoms with E-state index in [2.05, 4.69) is 21.0 Å². The van der Waals surface area contributed by atoms with Gasteiger partial charge in [-0.1, -0.05) is 12.5 Å². The van der Waals surface area contributed by atoms with Crippen molar-refractivity contribution in [1.82, 2.24) is 10.2 Å². The molecule has 22 heavy (non-hydrogen) atoms. The lowest BCUT2D eigenvalue weighted by atomic mass is 9.95. The Kier molecular flexibility index (Phi) is 4.66. The highest BCUT2D eigenvalue weighted by Crippen LogP contribution is 2.29. The molecule has 6 heteroatoms. The van der Waals surface area contributed by atoms with Crippen molar-refractivity contribution in [3.05, 3.63) is 11.8 Å². The minimum atomic E-state index is -1.22. The number of piperidine rings is 1. The monoisotopic (exact) mass is 308 g/mol. The van der Waals surface area contributed by atoms with Crippen LogP contribution in [-0.4, -0.2) is 46.8 Å². The average molecular weight is 308 g/mol. The molecule has 2 N–H and O–H groups in total. The van der Waals surface area contributed by atoms with Gasteiger partial charge in [0, 0.05) is 12.2 Å². The van der Waals surface area contributed by atoms with E-state index < -0.39 is 18.3 Å². The fourth-order valence-electron chi connectivity index (χ4n) is 3.59. The smallest absolute Gasteiger partial charge is 0.310 e. The van der Waals surface area contributed by atoms with Crippen molar-refractivity contribution in [2.24, 2.45) is 0 Å². The maximum atomic E-state index is 12.6. The van der Waals surface area contributed by atoms with Crippen molar-refractivity contribution in [2.45, 2.75) is 69.7 Å². The summed E-state index contributed by atoms with van der Waals surface area (Å²) in [5.74, 6) is -0.568. The van der Waals surface area contributed by atoms with E-state index in [1.807, 2.05) is 0 Å². The van der Waals surface area contributed by atoms with Gasteiger partial charge in [0.15, 0.2) is 0 Å². The highest BCUT2D eigenvalue weighted by molar-refractivity contribution is 5.83. The van der Waals surface area contributed by atoms with E-state index in [1.54, 1.807) is 0 Å². The van der Waals surface area contributed by atoms with Gasteiger partial charge in [-0.05, 0) is 38.5 Å². The Hall–Kier alpha value is -1.56. The van der Waals surface area contributed by atoms with Crippen LogP contribution >= 0.6 is 0 Å². The molecule has 1 amide bonds. The Balaban J connectivity index is 1.67. The largest absolute Gasteiger partial charge is 0.434 e. The number of ether oxygens (including phenoxy) is 1. The number of hydrogen-bond donors (Lipinski definition) is 2. The van der Waals surface area contributed by atoms with Crippen LogP contribution in [0.3, 0.4) is 0 Å². The van der Waals surface area contributed by atoms with Gasteiger partial charge in [0.1, 0.15) is 12.1 Å². The molecule has 6 nitrogen and oxygen atoms in total. The van der Waals surface area contributed by atoms with Crippen molar-refractivity contribution in [2.75, 3.05) is 6.54 Å². The Labute approximate surface area is 130 Å². The predicted molar refractivity (Wildman–Crippen MR) is 79.5 cm³/mol. The first kappa shape index (κ1) is 15.3. The van der Waals surface area contributed by atoms with E-state index in [4.69, 9.17) is 0 Å². The number of cyclic esters (lactones) is 1. The minimum Gasteiger partial charge on any atom is -0.434 e. The second-order valence-corrected chi connectivity index (χ2v) is 6.35. The number of aliphatic hydroxyl groups excluding tert-OH is 1. The van der Waals surface area contributed by atoms with Crippen LogP contribution in [0.1, 0.15) is 51.4 Å². The summed E-state index contributed by atoms with van der Waals surface area (Å²) in [5, 5.41) is 12.4. The maximum Gasteiger partial charge on any atom is 0.310 e. The summed E-state index contributed by atoms with van der Waals surface area (Å²) in [4.78, 5) is 26.0. The highest BCUT2D eigenvalue weighted by atomic mass is 16.6. The lowest BCUT2D eigenvalue weighted by Gasteiger charge is -2.40. The van der Waals surface area contributed by atoms with Crippen LogP contribution in [-0.2, 0) is 14.3 Å². The third kappa shape index (κ3) is 3.27. The van der Waals surface area contributed by atoms with Gasteiger partial charge in [0.05, 0.1) is 6.42 Å². The number of aliphatic hydroxyl groups is 1. The van der Waals surface area contributed by atoms with E-state index in [9.17, 15) is 14.7 Å². The van der Waals surface area contributed by atoms with Crippen LogP contribution in [0.2, 0.25) is 0 Å². The van der Waals surface area contributed by atoms with Crippen molar-refractivity contribution in [3.8, 4) is 0 Å². The number of amides is 1. The number of fused-ring (bicyclic) bond motifs is 1. The normalized spacial score (nSPS) is 34.8. The fraction of sp³-hybridized carbons (Fsp3) is 0.750. The van der Waals surface area contributed by atoms with Crippen molar-refractivity contribution >= 4 is 11.9 Å². The maximum absolute atomic E-state index is 12.6. The van der Waals surface area contributed by atoms with E-state index in [1.165, 1.54) is 18.5 Å². The second-order valence-electron chi connectivity index (χ2n) is 6.35. The van der Waals surface area contributed by atoms with Crippen LogP contribution in [0, 0.1) is 0 Å². The van der Waals surface area contributed by atoms with E-state index in [0.29, 0.717) is 0 Å². The number of carbonyl (C=O) groups excluding carboxylic acids is 2. The predicted octanol–water partition coefficient (Wildman–Crippen LogP) is 1.05. The number of nitrogens with one attached hydrogen (secondary N) is 1. The summed E-state index contributed by atoms with van der Waals surface area (Å²) in [6, 6.07) is -0.815. The topological polar surface area (TPSA) is 78.9 Å². The first-order valence-corrected chi connectivity index (χ1v) is 8.29. The quantitative estimate of drug-likeness (QED) is 0.746. The van der Waals surface area contributed by atoms with Crippen LogP contribution < -0.4 is 5.32 Å². The van der Waals surface area contributed by atoms with Gasteiger partial charge in [-0.15, -0.1) is 0 Å². The third-order valence-corrected chi connectivity index (χ3v) is 4.75. The highest BCUT2D eigenvalue weighted by Gasteiger charge is 2.38. The molecule has 122 valence electrons. The Bertz CT molecular complexity index is 477. The number of allylic oxidation sites excluding steroid dienone is 2. The van der Waals surface area contributed by atoms with Crippen LogP contribution in [0.15, 0.2) is 11.8 Å². The molecule has 3 aliphatic rings. The fourth-order valence-corrected chi connectivity index (χ4v) is 3.59. The van der Waals surface area contributed by atoms with Gasteiger partial charge in [0.25, 0.3) is 0 Å². The van der Waals surface area contributed by atoms with Gasteiger partial charge >= 0.3 is 5.97 Å². The average Bonchev–Trinajstić information content (AvgIpc) is 2.77. The molecule has 2 fully saturated rings. The van der Waals surface area contributed by atoms with Crippen molar-refractivity contribution < 1.29 is 19.4 Å². The molecule has 0 aliphatic carbocycles. The Morgan fingerprint density at radius 2 is 2.18 bits per heavy atom. The van der Waals surface area contributed by atoms with Crippen LogP contribution in [0.4, 0.5) is 0 Å². The van der Waals surface area contributed by atoms with Gasteiger partial charge in [0.2, 0.25) is 12.2 Å². The van der Waals surface area contributed by atoms with Crippen LogP contribution in [0.25, 0.3) is 0 Å². The summed E-state index contributed by atoms with van der Waals surface area (Å²) in [5.41, 5.74) is 1.28. The number of rotatable bonds is 2. The molecule has 0 spiro atoms. The van der Waals surface area contributed by atoms with Crippen molar-refractivity contribution in [1.29, 1.82) is 0 Å². The van der Waals surface area contributed by atoms with Gasteiger partial charge in [-0.25, -0.2) is 0 Å². The van der Waals surface area contributed by atoms with Crippen molar-refractivity contribution in [3.63, 3.8) is 0 Å². The summed E-state index contributed by atoms with van der Waals surface area (Å²) >= 11 is 0. The molecule has 3 aliphatic heterocycles. The lowest BCUT2D eigenvalue weighted by Crippen LogP contribution is -2.52. The van der Waals surface area contributed by atoms with Crippen LogP contribution in [0.5, 0.6) is 0 Å². The first-order chi connectivity index (χ1) is 10.6. The number of hydrogen-bond acceptors (Lipinski definition) is 5. The Morgan fingerprint density at radius 1 is 1.32 bits per heavy atom. The SMILES string of the molecule is O=C1CC(NC(=O)C2CCC/C3=C/CCCCCN32)C(O)O1. The molecule has 0 aromatic rings. The number of esters is 1. The standard InChI is InChI=1S/C16H24N2O4/c19-14-10-12(16(21)22-14)17-15(20)13-8-5-7-11-6-3-1-2-4-9-18(11)13/h6,12-13,16,21H,1-5,7-10H2,(H,17,20)/b11-6-. The van der Waals surface area contributed by atoms with Gasteiger partial charge in [-0.2, -0.15) is 0 Å². The zero-order valence-corrected chi connectivity index (χ0v) is 12.8. The summed E-state index contributed by atoms with van der Waals surface area (Å²) in [6.07, 6.45) is 8.57. The van der Waals surface area contributed by atoms with E-state index >= 15 is 0 Å². The molecule has 0 saturated carbocycles. The summed E-state index contributed by atoms with van der Waals surface area (Å²) < 4.78 is 4.68. The molecule has 0 aromatic carbocycles. The molecule has 0 radical (unpaired) electrons. The molecule has 3 unspecified atom stereocenters. The van der Waals surface area contributed by atoms with E-state index in [-0.39, 0.29) is 18.4 Å². The second kappa shape index (κ2) is 6.69. The zero-order valence-electron chi connectivity index (χ0n) is 12.8. The number of carbonyl (C=O) groups is 2. The molecular weight excluding hydrogens is 284 g/mol. The minimum absolute atomic E-state index is 0.0440. The first-order valence-electron chi connectivity index (χ1n) is 8.29. The van der Waals surface area contributed by atoms with Gasteiger partial charge < -0.3 is 20.1 Å². The van der Waals surface area contributed by atoms with E-state index in [0.717, 1.165) is 38.6 Å². The molecule has 3 heterocycles. The summed E-state index contributed by atoms with van der Waals surface area (Å²) in [7, 11) is 0. The third-order valence-electron chi connectivity index (χ3n) is 4.75. The van der Waals surface area contributed by atoms with Gasteiger partial charge in [-0.3, -0.25) is 9.59 Å².